The van der Waals surface area contributed by atoms with Crippen molar-refractivity contribution < 1.29 is 14.6 Å². The maximum absolute atomic E-state index is 10.8. The molecule has 0 bridgehead atoms. The average Bonchev–Trinajstić information content (AvgIpc) is 2.25. The Morgan fingerprint density at radius 3 is 2.62 bits per heavy atom. The van der Waals surface area contributed by atoms with Crippen LogP contribution in [0.25, 0.3) is 0 Å². The number of nitrogens with zero attached hydrogens (tertiary/aromatic N) is 4. The van der Waals surface area contributed by atoms with Crippen molar-refractivity contribution in [1.82, 2.24) is 15.0 Å². The fraction of sp³-hybridized carbons (Fsp3) is 0.500. The Morgan fingerprint density at radius 1 is 1.50 bits per heavy atom. The van der Waals surface area contributed by atoms with E-state index in [1.807, 2.05) is 0 Å². The van der Waals surface area contributed by atoms with Crippen LogP contribution >= 0.6 is 11.6 Å². The van der Waals surface area contributed by atoms with Gasteiger partial charge in [-0.15, -0.1) is 0 Å². The Hall–Kier alpha value is -1.63. The molecule has 16 heavy (non-hydrogen) atoms. The Labute approximate surface area is 97.0 Å². The van der Waals surface area contributed by atoms with Crippen molar-refractivity contribution in [2.45, 2.75) is 13.0 Å². The Bertz CT molecular complexity index is 401. The number of likely N-dealkylation sites (N-methyl/N-ethyl adjacent to an activating group) is 1. The number of aromatic nitrogens is 3. The molecule has 0 aliphatic rings. The van der Waals surface area contributed by atoms with Crippen molar-refractivity contribution in [3.63, 3.8) is 0 Å². The van der Waals surface area contributed by atoms with Gasteiger partial charge < -0.3 is 14.7 Å². The average molecular weight is 247 g/mol. The van der Waals surface area contributed by atoms with E-state index >= 15 is 0 Å². The minimum absolute atomic E-state index is 0.0411. The third kappa shape index (κ3) is 2.69. The summed E-state index contributed by atoms with van der Waals surface area (Å²) in [5.74, 6) is -0.843. The zero-order valence-electron chi connectivity index (χ0n) is 9.01. The number of hydrogen-bond donors (Lipinski definition) is 1. The van der Waals surface area contributed by atoms with Gasteiger partial charge in [0, 0.05) is 7.05 Å². The molecule has 0 saturated heterocycles. The number of carbonyl (C=O) groups is 1. The van der Waals surface area contributed by atoms with Crippen LogP contribution in [0.2, 0.25) is 5.28 Å². The van der Waals surface area contributed by atoms with Crippen LogP contribution in [0.4, 0.5) is 5.95 Å². The lowest BCUT2D eigenvalue weighted by Crippen LogP contribution is -2.37. The second kappa shape index (κ2) is 4.93. The van der Waals surface area contributed by atoms with E-state index in [4.69, 9.17) is 21.4 Å². The smallest absolute Gasteiger partial charge is 0.326 e. The summed E-state index contributed by atoms with van der Waals surface area (Å²) < 4.78 is 4.81. The van der Waals surface area contributed by atoms with Gasteiger partial charge in [-0.3, -0.25) is 0 Å². The molecule has 0 saturated carbocycles. The van der Waals surface area contributed by atoms with Gasteiger partial charge in [0.05, 0.1) is 7.11 Å². The predicted molar refractivity (Wildman–Crippen MR) is 56.9 cm³/mol. The molecule has 0 fully saturated rings. The van der Waals surface area contributed by atoms with Crippen LogP contribution in [-0.2, 0) is 4.79 Å². The van der Waals surface area contributed by atoms with Crippen molar-refractivity contribution in [3.8, 4) is 6.01 Å². The van der Waals surface area contributed by atoms with Gasteiger partial charge in [0.25, 0.3) is 0 Å². The third-order valence-electron chi connectivity index (χ3n) is 2.01. The molecule has 1 unspecified atom stereocenters. The number of carboxylic acid groups (broad SMARTS) is 1. The van der Waals surface area contributed by atoms with Crippen LogP contribution in [0.3, 0.4) is 0 Å². The fourth-order valence-corrected chi connectivity index (χ4v) is 1.06. The van der Waals surface area contributed by atoms with E-state index in [0.717, 1.165) is 0 Å². The van der Waals surface area contributed by atoms with Crippen molar-refractivity contribution >= 4 is 23.5 Å². The van der Waals surface area contributed by atoms with Gasteiger partial charge in [0.2, 0.25) is 11.2 Å². The Morgan fingerprint density at radius 2 is 2.12 bits per heavy atom. The van der Waals surface area contributed by atoms with Gasteiger partial charge in [0.1, 0.15) is 6.04 Å². The van der Waals surface area contributed by atoms with Crippen LogP contribution in [-0.4, -0.2) is 46.2 Å². The Kier molecular flexibility index (Phi) is 3.83. The maximum atomic E-state index is 10.8. The highest BCUT2D eigenvalue weighted by atomic mass is 35.5. The zero-order chi connectivity index (χ0) is 12.3. The van der Waals surface area contributed by atoms with E-state index in [2.05, 4.69) is 15.0 Å². The van der Waals surface area contributed by atoms with Crippen LogP contribution in [0.15, 0.2) is 0 Å². The molecule has 0 aliphatic carbocycles. The largest absolute Gasteiger partial charge is 0.480 e. The summed E-state index contributed by atoms with van der Waals surface area (Å²) in [6, 6.07) is -0.734. The summed E-state index contributed by atoms with van der Waals surface area (Å²) in [7, 11) is 2.93. The molecule has 1 atom stereocenters. The van der Waals surface area contributed by atoms with Gasteiger partial charge in [0.15, 0.2) is 0 Å². The minimum Gasteiger partial charge on any atom is -0.480 e. The third-order valence-corrected chi connectivity index (χ3v) is 2.18. The summed E-state index contributed by atoms with van der Waals surface area (Å²) >= 11 is 5.64. The minimum atomic E-state index is -0.988. The second-order valence-corrected chi connectivity index (χ2v) is 3.35. The molecule has 1 N–H and O–H groups in total. The molecule has 8 heteroatoms. The van der Waals surface area contributed by atoms with Crippen LogP contribution in [0.5, 0.6) is 6.01 Å². The van der Waals surface area contributed by atoms with E-state index in [1.54, 1.807) is 7.05 Å². The second-order valence-electron chi connectivity index (χ2n) is 3.02. The number of halogens is 1. The zero-order valence-corrected chi connectivity index (χ0v) is 9.76. The quantitative estimate of drug-likeness (QED) is 0.825. The standard InChI is InChI=1S/C8H11ClN4O3/c1-4(5(14)15)13(2)7-10-6(9)11-8(12-7)16-3/h4H,1-3H3,(H,14,15). The van der Waals surface area contributed by atoms with E-state index in [-0.39, 0.29) is 17.2 Å². The summed E-state index contributed by atoms with van der Waals surface area (Å²) in [6.07, 6.45) is 0. The monoisotopic (exact) mass is 246 g/mol. The molecule has 88 valence electrons. The summed E-state index contributed by atoms with van der Waals surface area (Å²) in [4.78, 5) is 23.5. The first-order valence-corrected chi connectivity index (χ1v) is 4.74. The molecular weight excluding hydrogens is 236 g/mol. The molecule has 0 aromatic carbocycles. The molecule has 1 heterocycles. The molecule has 0 spiro atoms. The Balaban J connectivity index is 3.03. The van der Waals surface area contributed by atoms with Crippen LogP contribution in [0.1, 0.15) is 6.92 Å². The number of ether oxygens (including phenoxy) is 1. The fourth-order valence-electron chi connectivity index (χ4n) is 0.910. The maximum Gasteiger partial charge on any atom is 0.326 e. The van der Waals surface area contributed by atoms with E-state index in [9.17, 15) is 4.79 Å². The topological polar surface area (TPSA) is 88.4 Å². The van der Waals surface area contributed by atoms with Gasteiger partial charge in [-0.1, -0.05) is 0 Å². The predicted octanol–water partition coefficient (Wildman–Crippen LogP) is 0.443. The summed E-state index contributed by atoms with van der Waals surface area (Å²) in [6.45, 7) is 1.51. The normalized spacial score (nSPS) is 12.0. The molecule has 1 aromatic rings. The van der Waals surface area contributed by atoms with E-state index in [0.29, 0.717) is 0 Å². The van der Waals surface area contributed by atoms with E-state index < -0.39 is 12.0 Å². The van der Waals surface area contributed by atoms with Crippen molar-refractivity contribution in [3.05, 3.63) is 5.28 Å². The number of anilines is 1. The molecule has 0 aliphatic heterocycles. The first-order chi connectivity index (χ1) is 7.45. The molecule has 1 rings (SSSR count). The van der Waals surface area contributed by atoms with Gasteiger partial charge in [-0.2, -0.15) is 15.0 Å². The number of hydrogen-bond acceptors (Lipinski definition) is 6. The summed E-state index contributed by atoms with van der Waals surface area (Å²) in [5.41, 5.74) is 0. The molecule has 0 radical (unpaired) electrons. The highest BCUT2D eigenvalue weighted by Crippen LogP contribution is 2.15. The lowest BCUT2D eigenvalue weighted by molar-refractivity contribution is -0.138. The van der Waals surface area contributed by atoms with Gasteiger partial charge >= 0.3 is 12.0 Å². The van der Waals surface area contributed by atoms with Gasteiger partial charge in [-0.05, 0) is 18.5 Å². The van der Waals surface area contributed by atoms with Crippen molar-refractivity contribution in [2.24, 2.45) is 0 Å². The SMILES string of the molecule is COc1nc(Cl)nc(N(C)C(C)C(=O)O)n1. The van der Waals surface area contributed by atoms with Gasteiger partial charge in [-0.25, -0.2) is 4.79 Å². The summed E-state index contributed by atoms with van der Waals surface area (Å²) in [5, 5.41) is 8.78. The number of aliphatic carboxylic acids is 1. The molecular formula is C8H11ClN4O3. The van der Waals surface area contributed by atoms with Crippen LogP contribution in [0, 0.1) is 0 Å². The lowest BCUT2D eigenvalue weighted by Gasteiger charge is -2.21. The first kappa shape index (κ1) is 12.4. The highest BCUT2D eigenvalue weighted by Gasteiger charge is 2.20. The van der Waals surface area contributed by atoms with Crippen LogP contribution < -0.4 is 9.64 Å². The molecule has 7 nitrogen and oxygen atoms in total. The van der Waals surface area contributed by atoms with E-state index in [1.165, 1.54) is 18.9 Å². The number of carboxylic acids is 1. The molecule has 0 amide bonds. The number of rotatable bonds is 4. The van der Waals surface area contributed by atoms with Crippen molar-refractivity contribution in [1.29, 1.82) is 0 Å². The van der Waals surface area contributed by atoms with Crippen molar-refractivity contribution in [2.75, 3.05) is 19.1 Å². The number of methoxy groups -OCH3 is 1. The lowest BCUT2D eigenvalue weighted by atomic mass is 10.3. The first-order valence-electron chi connectivity index (χ1n) is 4.37. The highest BCUT2D eigenvalue weighted by molar-refractivity contribution is 6.28. The molecule has 1 aromatic heterocycles.